The Morgan fingerprint density at radius 3 is 2.40 bits per heavy atom. The molecule has 1 aromatic carbocycles. The Labute approximate surface area is 98.0 Å². The maximum Gasteiger partial charge on any atom is 0.0494 e. The summed E-state index contributed by atoms with van der Waals surface area (Å²) in [6.07, 6.45) is 1.11. The Bertz CT molecular complexity index is 320. The SMILES string of the molecule is CCC(C)(C)N(C)c1ccccc1CCl. The molecule has 2 heteroatoms. The van der Waals surface area contributed by atoms with Gasteiger partial charge in [-0.25, -0.2) is 0 Å². The maximum absolute atomic E-state index is 5.94. The first-order valence-electron chi connectivity index (χ1n) is 5.40. The number of hydrogen-bond acceptors (Lipinski definition) is 1. The van der Waals surface area contributed by atoms with Crippen molar-refractivity contribution in [3.63, 3.8) is 0 Å². The topological polar surface area (TPSA) is 3.24 Å². The largest absolute Gasteiger partial charge is 0.369 e. The van der Waals surface area contributed by atoms with Crippen LogP contribution in [0.1, 0.15) is 32.8 Å². The van der Waals surface area contributed by atoms with Gasteiger partial charge in [0.15, 0.2) is 0 Å². The summed E-state index contributed by atoms with van der Waals surface area (Å²) in [6, 6.07) is 8.32. The highest BCUT2D eigenvalue weighted by Crippen LogP contribution is 2.28. The second-order valence-corrected chi connectivity index (χ2v) is 4.75. The molecule has 0 spiro atoms. The van der Waals surface area contributed by atoms with Crippen LogP contribution in [0.2, 0.25) is 0 Å². The van der Waals surface area contributed by atoms with Gasteiger partial charge in [-0.1, -0.05) is 25.1 Å². The van der Waals surface area contributed by atoms with Crippen LogP contribution in [-0.2, 0) is 5.88 Å². The minimum absolute atomic E-state index is 0.169. The average Bonchev–Trinajstić information content (AvgIpc) is 2.28. The minimum Gasteiger partial charge on any atom is -0.369 e. The van der Waals surface area contributed by atoms with Crippen molar-refractivity contribution in [1.29, 1.82) is 0 Å². The quantitative estimate of drug-likeness (QED) is 0.699. The van der Waals surface area contributed by atoms with Crippen molar-refractivity contribution >= 4 is 17.3 Å². The molecule has 1 rings (SSSR count). The molecule has 0 aliphatic rings. The van der Waals surface area contributed by atoms with Gasteiger partial charge in [0.2, 0.25) is 0 Å². The zero-order chi connectivity index (χ0) is 11.5. The fourth-order valence-electron chi connectivity index (χ4n) is 1.51. The number of alkyl halides is 1. The monoisotopic (exact) mass is 225 g/mol. The Morgan fingerprint density at radius 2 is 1.87 bits per heavy atom. The van der Waals surface area contributed by atoms with E-state index in [0.29, 0.717) is 5.88 Å². The normalized spacial score (nSPS) is 11.5. The van der Waals surface area contributed by atoms with E-state index in [1.807, 2.05) is 6.07 Å². The number of para-hydroxylation sites is 1. The van der Waals surface area contributed by atoms with Gasteiger partial charge in [-0.15, -0.1) is 11.6 Å². The van der Waals surface area contributed by atoms with Crippen molar-refractivity contribution in [1.82, 2.24) is 0 Å². The first-order chi connectivity index (χ1) is 7.03. The van der Waals surface area contributed by atoms with Gasteiger partial charge in [0.05, 0.1) is 0 Å². The second kappa shape index (κ2) is 4.89. The fraction of sp³-hybridized carbons (Fsp3) is 0.538. The molecule has 0 aromatic heterocycles. The maximum atomic E-state index is 5.94. The molecule has 0 bridgehead atoms. The highest BCUT2D eigenvalue weighted by molar-refractivity contribution is 6.17. The van der Waals surface area contributed by atoms with Crippen LogP contribution in [-0.4, -0.2) is 12.6 Å². The molecule has 0 amide bonds. The van der Waals surface area contributed by atoms with E-state index in [-0.39, 0.29) is 5.54 Å². The van der Waals surface area contributed by atoms with Gasteiger partial charge in [-0.3, -0.25) is 0 Å². The molecular weight excluding hydrogens is 206 g/mol. The zero-order valence-electron chi connectivity index (χ0n) is 10.0. The summed E-state index contributed by atoms with van der Waals surface area (Å²) in [5, 5.41) is 0. The van der Waals surface area contributed by atoms with Crippen LogP contribution in [0, 0.1) is 0 Å². The third-order valence-corrected chi connectivity index (χ3v) is 3.56. The van der Waals surface area contributed by atoms with Crippen LogP contribution in [0.5, 0.6) is 0 Å². The second-order valence-electron chi connectivity index (χ2n) is 4.49. The molecule has 0 heterocycles. The number of anilines is 1. The highest BCUT2D eigenvalue weighted by atomic mass is 35.5. The van der Waals surface area contributed by atoms with Crippen LogP contribution < -0.4 is 4.90 Å². The number of nitrogens with zero attached hydrogens (tertiary/aromatic N) is 1. The van der Waals surface area contributed by atoms with Gasteiger partial charge in [0.25, 0.3) is 0 Å². The molecule has 0 radical (unpaired) electrons. The first-order valence-corrected chi connectivity index (χ1v) is 5.94. The summed E-state index contributed by atoms with van der Waals surface area (Å²) in [6.45, 7) is 6.70. The molecule has 84 valence electrons. The Kier molecular flexibility index (Phi) is 4.04. The molecule has 0 aliphatic carbocycles. The third kappa shape index (κ3) is 2.66. The van der Waals surface area contributed by atoms with Crippen molar-refractivity contribution in [2.75, 3.05) is 11.9 Å². The van der Waals surface area contributed by atoms with Crippen LogP contribution in [0.25, 0.3) is 0 Å². The first kappa shape index (κ1) is 12.4. The molecule has 0 unspecified atom stereocenters. The van der Waals surface area contributed by atoms with Crippen LogP contribution >= 0.6 is 11.6 Å². The van der Waals surface area contributed by atoms with Crippen LogP contribution in [0.3, 0.4) is 0 Å². The fourth-order valence-corrected chi connectivity index (χ4v) is 1.74. The van der Waals surface area contributed by atoms with Crippen molar-refractivity contribution in [3.05, 3.63) is 29.8 Å². The number of halogens is 1. The summed E-state index contributed by atoms with van der Waals surface area (Å²) in [4.78, 5) is 2.31. The molecule has 15 heavy (non-hydrogen) atoms. The van der Waals surface area contributed by atoms with E-state index >= 15 is 0 Å². The lowest BCUT2D eigenvalue weighted by molar-refractivity contribution is 0.470. The van der Waals surface area contributed by atoms with E-state index in [1.165, 1.54) is 11.3 Å². The van der Waals surface area contributed by atoms with E-state index in [2.05, 4.69) is 50.9 Å². The van der Waals surface area contributed by atoms with E-state index in [1.54, 1.807) is 0 Å². The van der Waals surface area contributed by atoms with Crippen molar-refractivity contribution < 1.29 is 0 Å². The number of hydrogen-bond donors (Lipinski definition) is 0. The Hall–Kier alpha value is -0.690. The van der Waals surface area contributed by atoms with Crippen molar-refractivity contribution in [2.24, 2.45) is 0 Å². The lowest BCUT2D eigenvalue weighted by Gasteiger charge is -2.37. The molecule has 0 N–H and O–H groups in total. The molecular formula is C13H20ClN. The average molecular weight is 226 g/mol. The lowest BCUT2D eigenvalue weighted by atomic mass is 9.98. The molecule has 0 saturated heterocycles. The summed E-state index contributed by atoms with van der Waals surface area (Å²) in [5.74, 6) is 0.570. The molecule has 1 aromatic rings. The lowest BCUT2D eigenvalue weighted by Crippen LogP contribution is -2.40. The predicted molar refractivity (Wildman–Crippen MR) is 68.8 cm³/mol. The minimum atomic E-state index is 0.169. The van der Waals surface area contributed by atoms with E-state index in [0.717, 1.165) is 6.42 Å². The van der Waals surface area contributed by atoms with Crippen molar-refractivity contribution in [3.8, 4) is 0 Å². The number of rotatable bonds is 4. The van der Waals surface area contributed by atoms with E-state index < -0.39 is 0 Å². The zero-order valence-corrected chi connectivity index (χ0v) is 10.8. The van der Waals surface area contributed by atoms with Gasteiger partial charge in [-0.05, 0) is 31.9 Å². The molecule has 1 nitrogen and oxygen atoms in total. The molecule has 0 fully saturated rings. The van der Waals surface area contributed by atoms with E-state index in [4.69, 9.17) is 11.6 Å². The van der Waals surface area contributed by atoms with Crippen LogP contribution in [0.15, 0.2) is 24.3 Å². The molecule has 0 aliphatic heterocycles. The highest BCUT2D eigenvalue weighted by Gasteiger charge is 2.22. The summed E-state index contributed by atoms with van der Waals surface area (Å²) in [7, 11) is 2.13. The third-order valence-electron chi connectivity index (χ3n) is 3.27. The number of benzene rings is 1. The van der Waals surface area contributed by atoms with E-state index in [9.17, 15) is 0 Å². The standard InChI is InChI=1S/C13H20ClN/c1-5-13(2,3)15(4)12-9-7-6-8-11(12)10-14/h6-9H,5,10H2,1-4H3. The summed E-state index contributed by atoms with van der Waals surface area (Å²) in [5.41, 5.74) is 2.60. The predicted octanol–water partition coefficient (Wildman–Crippen LogP) is 4.05. The summed E-state index contributed by atoms with van der Waals surface area (Å²) >= 11 is 5.94. The van der Waals surface area contributed by atoms with Crippen molar-refractivity contribution in [2.45, 2.75) is 38.6 Å². The van der Waals surface area contributed by atoms with Gasteiger partial charge in [0, 0.05) is 24.2 Å². The molecule has 0 atom stereocenters. The summed E-state index contributed by atoms with van der Waals surface area (Å²) < 4.78 is 0. The smallest absolute Gasteiger partial charge is 0.0494 e. The Morgan fingerprint density at radius 1 is 1.27 bits per heavy atom. The van der Waals surface area contributed by atoms with Gasteiger partial charge >= 0.3 is 0 Å². The van der Waals surface area contributed by atoms with Gasteiger partial charge in [0.1, 0.15) is 0 Å². The van der Waals surface area contributed by atoms with Gasteiger partial charge < -0.3 is 4.90 Å². The van der Waals surface area contributed by atoms with Gasteiger partial charge in [-0.2, -0.15) is 0 Å². The van der Waals surface area contributed by atoms with Crippen LogP contribution in [0.4, 0.5) is 5.69 Å². The Balaban J connectivity index is 3.05. The molecule has 0 saturated carbocycles.